The van der Waals surface area contributed by atoms with E-state index in [0.29, 0.717) is 5.56 Å². The molecule has 0 aliphatic rings. The van der Waals surface area contributed by atoms with Crippen LogP contribution in [0.15, 0.2) is 12.1 Å². The number of rotatable bonds is 4. The van der Waals surface area contributed by atoms with Gasteiger partial charge in [-0.1, -0.05) is 0 Å². The van der Waals surface area contributed by atoms with E-state index in [0.717, 1.165) is 6.07 Å². The number of methoxy groups -OCH3 is 1. The van der Waals surface area contributed by atoms with E-state index in [1.54, 1.807) is 6.92 Å². The molecule has 0 radical (unpaired) electrons. The van der Waals surface area contributed by atoms with Gasteiger partial charge < -0.3 is 9.84 Å². The van der Waals surface area contributed by atoms with Gasteiger partial charge in [0.2, 0.25) is 0 Å². The van der Waals surface area contributed by atoms with Crippen molar-refractivity contribution in [3.05, 3.63) is 29.1 Å². The largest absolute Gasteiger partial charge is 0.493 e. The zero-order valence-corrected chi connectivity index (χ0v) is 8.76. The van der Waals surface area contributed by atoms with E-state index in [-0.39, 0.29) is 17.7 Å². The van der Waals surface area contributed by atoms with Gasteiger partial charge in [-0.15, -0.1) is 0 Å². The molecule has 1 atom stereocenters. The Balaban J connectivity index is 3.13. The van der Waals surface area contributed by atoms with Crippen LogP contribution in [0, 0.1) is 5.82 Å². The van der Waals surface area contributed by atoms with Crippen LogP contribution in [0.2, 0.25) is 0 Å². The smallest absolute Gasteiger partial charge is 0.165 e. The lowest BCUT2D eigenvalue weighted by Gasteiger charge is -2.12. The molecule has 1 N–H and O–H groups in total. The lowest BCUT2D eigenvalue weighted by atomic mass is 10.0. The molecule has 0 heterocycles. The maximum atomic E-state index is 13.4. The second-order valence-electron chi connectivity index (χ2n) is 3.46. The van der Waals surface area contributed by atoms with Crippen molar-refractivity contribution >= 4 is 0 Å². The Bertz CT molecular complexity index is 338. The SMILES string of the molecule is COc1c(F)cc(CF)cc1CC(C)O. The first kappa shape index (κ1) is 11.9. The molecule has 4 heteroatoms. The number of halogens is 2. The summed E-state index contributed by atoms with van der Waals surface area (Å²) in [6.45, 7) is 0.854. The maximum Gasteiger partial charge on any atom is 0.165 e. The summed E-state index contributed by atoms with van der Waals surface area (Å²) in [6, 6.07) is 2.61. The van der Waals surface area contributed by atoms with Crippen molar-refractivity contribution in [3.8, 4) is 5.75 Å². The second kappa shape index (κ2) is 5.07. The van der Waals surface area contributed by atoms with E-state index in [1.807, 2.05) is 0 Å². The minimum Gasteiger partial charge on any atom is -0.493 e. The Morgan fingerprint density at radius 2 is 2.13 bits per heavy atom. The third kappa shape index (κ3) is 2.89. The van der Waals surface area contributed by atoms with Crippen LogP contribution in [-0.2, 0) is 13.1 Å². The summed E-state index contributed by atoms with van der Waals surface area (Å²) in [5.41, 5.74) is 0.740. The van der Waals surface area contributed by atoms with E-state index in [1.165, 1.54) is 13.2 Å². The van der Waals surface area contributed by atoms with Crippen LogP contribution in [0.1, 0.15) is 18.1 Å². The number of hydrogen-bond donors (Lipinski definition) is 1. The predicted octanol–water partition coefficient (Wildman–Crippen LogP) is 2.23. The minimum absolute atomic E-state index is 0.0769. The van der Waals surface area contributed by atoms with Crippen molar-refractivity contribution in [2.45, 2.75) is 26.1 Å². The molecule has 0 aliphatic carbocycles. The summed E-state index contributed by atoms with van der Waals surface area (Å²) < 4.78 is 30.6. The monoisotopic (exact) mass is 216 g/mol. The number of aliphatic hydroxyl groups excluding tert-OH is 1. The molecule has 0 fully saturated rings. The normalized spacial score (nSPS) is 12.6. The Labute approximate surface area is 87.5 Å². The fraction of sp³-hybridized carbons (Fsp3) is 0.455. The number of ether oxygens (including phenoxy) is 1. The van der Waals surface area contributed by atoms with Gasteiger partial charge in [-0.25, -0.2) is 8.78 Å². The molecule has 0 aromatic heterocycles. The summed E-state index contributed by atoms with van der Waals surface area (Å²) in [4.78, 5) is 0. The molecule has 1 aromatic carbocycles. The Morgan fingerprint density at radius 1 is 1.47 bits per heavy atom. The molecule has 2 nitrogen and oxygen atoms in total. The van der Waals surface area contributed by atoms with Crippen molar-refractivity contribution in [2.75, 3.05) is 7.11 Å². The van der Waals surface area contributed by atoms with Crippen LogP contribution in [0.5, 0.6) is 5.75 Å². The quantitative estimate of drug-likeness (QED) is 0.836. The molecular weight excluding hydrogens is 202 g/mol. The van der Waals surface area contributed by atoms with E-state index in [4.69, 9.17) is 4.74 Å². The molecule has 1 aromatic rings. The van der Waals surface area contributed by atoms with Crippen LogP contribution in [-0.4, -0.2) is 18.3 Å². The molecule has 0 saturated carbocycles. The highest BCUT2D eigenvalue weighted by atomic mass is 19.1. The fourth-order valence-electron chi connectivity index (χ4n) is 1.49. The average molecular weight is 216 g/mol. The lowest BCUT2D eigenvalue weighted by molar-refractivity contribution is 0.193. The van der Waals surface area contributed by atoms with Crippen molar-refractivity contribution < 1.29 is 18.6 Å². The number of benzene rings is 1. The molecule has 0 aliphatic heterocycles. The van der Waals surface area contributed by atoms with E-state index < -0.39 is 18.6 Å². The van der Waals surface area contributed by atoms with E-state index in [9.17, 15) is 13.9 Å². The highest BCUT2D eigenvalue weighted by Gasteiger charge is 2.13. The number of hydrogen-bond acceptors (Lipinski definition) is 2. The number of aliphatic hydroxyl groups is 1. The fourth-order valence-corrected chi connectivity index (χ4v) is 1.49. The summed E-state index contributed by atoms with van der Waals surface area (Å²) in [7, 11) is 1.35. The van der Waals surface area contributed by atoms with Gasteiger partial charge in [-0.2, -0.15) is 0 Å². The van der Waals surface area contributed by atoms with Crippen molar-refractivity contribution in [3.63, 3.8) is 0 Å². The maximum absolute atomic E-state index is 13.4. The zero-order chi connectivity index (χ0) is 11.4. The van der Waals surface area contributed by atoms with E-state index >= 15 is 0 Å². The third-order valence-electron chi connectivity index (χ3n) is 2.05. The van der Waals surface area contributed by atoms with Gasteiger partial charge in [0.25, 0.3) is 0 Å². The summed E-state index contributed by atoms with van der Waals surface area (Å²) in [6.07, 6.45) is -0.373. The van der Waals surface area contributed by atoms with Crippen molar-refractivity contribution in [1.82, 2.24) is 0 Å². The van der Waals surface area contributed by atoms with Gasteiger partial charge >= 0.3 is 0 Å². The van der Waals surface area contributed by atoms with Crippen LogP contribution in [0.3, 0.4) is 0 Å². The highest BCUT2D eigenvalue weighted by molar-refractivity contribution is 5.39. The van der Waals surface area contributed by atoms with Gasteiger partial charge in [0.15, 0.2) is 11.6 Å². The molecular formula is C11H14F2O2. The Morgan fingerprint density at radius 3 is 2.60 bits per heavy atom. The standard InChI is InChI=1S/C11H14F2O2/c1-7(14)3-9-4-8(6-12)5-10(13)11(9)15-2/h4-5,7,14H,3,6H2,1-2H3. The summed E-state index contributed by atoms with van der Waals surface area (Å²) >= 11 is 0. The molecule has 0 saturated heterocycles. The second-order valence-corrected chi connectivity index (χ2v) is 3.46. The Kier molecular flexibility index (Phi) is 4.03. The first-order valence-corrected chi connectivity index (χ1v) is 4.67. The van der Waals surface area contributed by atoms with Crippen LogP contribution >= 0.6 is 0 Å². The molecule has 84 valence electrons. The van der Waals surface area contributed by atoms with E-state index in [2.05, 4.69) is 0 Å². The summed E-state index contributed by atoms with van der Waals surface area (Å²) in [5.74, 6) is -0.517. The first-order chi connectivity index (χ1) is 7.08. The predicted molar refractivity (Wildman–Crippen MR) is 53.1 cm³/mol. The molecule has 1 rings (SSSR count). The molecule has 0 spiro atoms. The van der Waals surface area contributed by atoms with Gasteiger partial charge in [-0.05, 0) is 24.6 Å². The van der Waals surface area contributed by atoms with Crippen LogP contribution in [0.4, 0.5) is 8.78 Å². The third-order valence-corrected chi connectivity index (χ3v) is 2.05. The number of alkyl halides is 1. The van der Waals surface area contributed by atoms with Gasteiger partial charge in [0, 0.05) is 12.0 Å². The van der Waals surface area contributed by atoms with Crippen LogP contribution < -0.4 is 4.74 Å². The highest BCUT2D eigenvalue weighted by Crippen LogP contribution is 2.26. The molecule has 0 amide bonds. The van der Waals surface area contributed by atoms with Gasteiger partial charge in [0.1, 0.15) is 6.67 Å². The minimum atomic E-state index is -0.728. The lowest BCUT2D eigenvalue weighted by Crippen LogP contribution is -2.07. The summed E-state index contributed by atoms with van der Waals surface area (Å²) in [5, 5.41) is 9.21. The Hall–Kier alpha value is -1.16. The topological polar surface area (TPSA) is 29.5 Å². The van der Waals surface area contributed by atoms with Crippen LogP contribution in [0.25, 0.3) is 0 Å². The molecule has 0 bridgehead atoms. The molecule has 1 unspecified atom stereocenters. The molecule has 15 heavy (non-hydrogen) atoms. The first-order valence-electron chi connectivity index (χ1n) is 4.67. The van der Waals surface area contributed by atoms with Gasteiger partial charge in [-0.3, -0.25) is 0 Å². The van der Waals surface area contributed by atoms with Crippen molar-refractivity contribution in [2.24, 2.45) is 0 Å². The average Bonchev–Trinajstić information content (AvgIpc) is 2.16. The zero-order valence-electron chi connectivity index (χ0n) is 8.76. The van der Waals surface area contributed by atoms with Crippen molar-refractivity contribution in [1.29, 1.82) is 0 Å². The van der Waals surface area contributed by atoms with Gasteiger partial charge in [0.05, 0.1) is 13.2 Å².